The molecular weight excluding hydrogens is 204 g/mol. The fraction of sp³-hybridized carbons (Fsp3) is 0.727. The topological polar surface area (TPSA) is 76.9 Å². The number of nitrogens with zero attached hydrogens (tertiary/aromatic N) is 2. The molecule has 2 heterocycles. The Kier molecular flexibility index (Phi) is 2.90. The highest BCUT2D eigenvalue weighted by Gasteiger charge is 2.51. The monoisotopic (exact) mass is 224 g/mol. The lowest BCUT2D eigenvalue weighted by atomic mass is 9.59. The third-order valence-electron chi connectivity index (χ3n) is 3.86. The van der Waals surface area contributed by atoms with E-state index >= 15 is 0 Å². The van der Waals surface area contributed by atoms with Crippen molar-refractivity contribution in [3.63, 3.8) is 0 Å². The Morgan fingerprint density at radius 3 is 2.38 bits per heavy atom. The predicted octanol–water partition coefficient (Wildman–Crippen LogP) is 0.291. The van der Waals surface area contributed by atoms with Gasteiger partial charge in [0.2, 0.25) is 0 Å². The summed E-state index contributed by atoms with van der Waals surface area (Å²) in [4.78, 5) is 11.1. The summed E-state index contributed by atoms with van der Waals surface area (Å²) in [6, 6.07) is 0.788. The minimum Gasteiger partial charge on any atom is -0.373 e. The van der Waals surface area contributed by atoms with E-state index in [1.807, 2.05) is 6.92 Å². The second-order valence-electron chi connectivity index (χ2n) is 4.92. The molecule has 0 aromatic heterocycles. The lowest BCUT2D eigenvalue weighted by molar-refractivity contribution is -0.0380. The minimum atomic E-state index is 0.329. The fourth-order valence-corrected chi connectivity index (χ4v) is 2.84. The second kappa shape index (κ2) is 4.07. The molecule has 0 radical (unpaired) electrons. The van der Waals surface area contributed by atoms with Crippen molar-refractivity contribution in [2.45, 2.75) is 19.9 Å². The molecule has 2 bridgehead atoms. The zero-order chi connectivity index (χ0) is 11.9. The Labute approximate surface area is 96.1 Å². The SMILES string of the molecule is C=C(C)/N=C(\ON)N1C[C@@H]2C(N)[C@H](C1)[C@H]2C. The van der Waals surface area contributed by atoms with Gasteiger partial charge in [-0.2, -0.15) is 5.90 Å². The van der Waals surface area contributed by atoms with E-state index < -0.39 is 0 Å². The first-order valence-electron chi connectivity index (χ1n) is 5.66. The van der Waals surface area contributed by atoms with Crippen molar-refractivity contribution in [3.8, 4) is 0 Å². The number of fused-ring (bicyclic) bond motifs is 2. The Morgan fingerprint density at radius 1 is 1.44 bits per heavy atom. The minimum absolute atomic E-state index is 0.329. The molecule has 1 saturated carbocycles. The number of rotatable bonds is 1. The van der Waals surface area contributed by atoms with E-state index in [0.29, 0.717) is 35.5 Å². The molecule has 4 atom stereocenters. The van der Waals surface area contributed by atoms with Crippen molar-refractivity contribution in [2.24, 2.45) is 34.4 Å². The van der Waals surface area contributed by atoms with Crippen LogP contribution in [0.1, 0.15) is 13.8 Å². The molecule has 4 N–H and O–H groups in total. The van der Waals surface area contributed by atoms with Crippen molar-refractivity contribution >= 4 is 6.02 Å². The summed E-state index contributed by atoms with van der Waals surface area (Å²) in [5.74, 6) is 7.00. The molecular formula is C11H20N4O. The van der Waals surface area contributed by atoms with E-state index in [-0.39, 0.29) is 0 Å². The average molecular weight is 224 g/mol. The molecule has 1 aliphatic carbocycles. The van der Waals surface area contributed by atoms with E-state index in [1.165, 1.54) is 0 Å². The van der Waals surface area contributed by atoms with Gasteiger partial charge in [0.25, 0.3) is 0 Å². The van der Waals surface area contributed by atoms with Crippen LogP contribution < -0.4 is 11.6 Å². The van der Waals surface area contributed by atoms with E-state index in [2.05, 4.69) is 23.4 Å². The van der Waals surface area contributed by atoms with Gasteiger partial charge in [-0.25, -0.2) is 4.99 Å². The van der Waals surface area contributed by atoms with Crippen molar-refractivity contribution in [1.29, 1.82) is 0 Å². The number of aliphatic imine (C=N–C) groups is 1. The molecule has 0 spiro atoms. The zero-order valence-corrected chi connectivity index (χ0v) is 9.89. The van der Waals surface area contributed by atoms with Gasteiger partial charge in [0.15, 0.2) is 0 Å². The maximum atomic E-state index is 6.07. The summed E-state index contributed by atoms with van der Waals surface area (Å²) in [5, 5.41) is 0. The summed E-state index contributed by atoms with van der Waals surface area (Å²) in [6.07, 6.45) is 0. The summed E-state index contributed by atoms with van der Waals surface area (Å²) in [5.41, 5.74) is 6.76. The number of amidine groups is 1. The van der Waals surface area contributed by atoms with Crippen LogP contribution in [0.15, 0.2) is 17.3 Å². The molecule has 0 aromatic rings. The second-order valence-corrected chi connectivity index (χ2v) is 4.92. The third-order valence-corrected chi connectivity index (χ3v) is 3.86. The first kappa shape index (κ1) is 11.4. The quantitative estimate of drug-likeness (QED) is 0.381. The van der Waals surface area contributed by atoms with Gasteiger partial charge in [-0.15, -0.1) is 0 Å². The highest BCUT2D eigenvalue weighted by Crippen LogP contribution is 2.44. The molecule has 3 rings (SSSR count). The molecule has 0 aromatic carbocycles. The fourth-order valence-electron chi connectivity index (χ4n) is 2.84. The van der Waals surface area contributed by atoms with Crippen molar-refractivity contribution < 1.29 is 4.84 Å². The smallest absolute Gasteiger partial charge is 0.311 e. The number of hydrogen-bond acceptors (Lipinski definition) is 4. The summed E-state index contributed by atoms with van der Waals surface area (Å²) >= 11 is 0. The molecule has 3 aliphatic rings. The van der Waals surface area contributed by atoms with Crippen LogP contribution in [0.4, 0.5) is 0 Å². The molecule has 1 unspecified atom stereocenters. The van der Waals surface area contributed by atoms with Crippen LogP contribution in [0.2, 0.25) is 0 Å². The molecule has 2 saturated heterocycles. The maximum absolute atomic E-state index is 6.07. The van der Waals surface area contributed by atoms with Gasteiger partial charge in [-0.3, -0.25) is 0 Å². The van der Waals surface area contributed by atoms with Gasteiger partial charge < -0.3 is 15.5 Å². The number of nitrogens with two attached hydrogens (primary N) is 2. The van der Waals surface area contributed by atoms with E-state index in [1.54, 1.807) is 0 Å². The van der Waals surface area contributed by atoms with Crippen LogP contribution in [0.5, 0.6) is 0 Å². The zero-order valence-electron chi connectivity index (χ0n) is 9.89. The number of allylic oxidation sites excluding steroid dienone is 1. The van der Waals surface area contributed by atoms with Gasteiger partial charge in [0.1, 0.15) is 0 Å². The van der Waals surface area contributed by atoms with Gasteiger partial charge in [0, 0.05) is 24.8 Å². The Morgan fingerprint density at radius 2 is 2.00 bits per heavy atom. The van der Waals surface area contributed by atoms with Crippen LogP contribution in [0.25, 0.3) is 0 Å². The van der Waals surface area contributed by atoms with Crippen molar-refractivity contribution in [1.82, 2.24) is 4.90 Å². The van der Waals surface area contributed by atoms with E-state index in [0.717, 1.165) is 13.1 Å². The predicted molar refractivity (Wildman–Crippen MR) is 63.2 cm³/mol. The molecule has 5 heteroatoms. The maximum Gasteiger partial charge on any atom is 0.311 e. The Hall–Kier alpha value is -1.07. The van der Waals surface area contributed by atoms with Gasteiger partial charge in [-0.05, 0) is 24.7 Å². The van der Waals surface area contributed by atoms with Crippen LogP contribution in [-0.4, -0.2) is 30.1 Å². The Balaban J connectivity index is 2.06. The van der Waals surface area contributed by atoms with E-state index in [4.69, 9.17) is 16.5 Å². The van der Waals surface area contributed by atoms with E-state index in [9.17, 15) is 0 Å². The van der Waals surface area contributed by atoms with Gasteiger partial charge >= 0.3 is 6.02 Å². The van der Waals surface area contributed by atoms with Crippen LogP contribution in [0, 0.1) is 17.8 Å². The highest BCUT2D eigenvalue weighted by molar-refractivity contribution is 5.75. The normalized spacial score (nSPS) is 38.0. The molecule has 3 fully saturated rings. The lowest BCUT2D eigenvalue weighted by Gasteiger charge is -2.57. The molecule has 5 nitrogen and oxygen atoms in total. The number of piperidine rings is 2. The van der Waals surface area contributed by atoms with Gasteiger partial charge in [0.05, 0.1) is 0 Å². The average Bonchev–Trinajstić information content (AvgIpc) is 2.27. The lowest BCUT2D eigenvalue weighted by Crippen LogP contribution is -2.68. The van der Waals surface area contributed by atoms with Crippen LogP contribution in [0.3, 0.4) is 0 Å². The van der Waals surface area contributed by atoms with Crippen molar-refractivity contribution in [3.05, 3.63) is 12.3 Å². The highest BCUT2D eigenvalue weighted by atomic mass is 16.6. The first-order chi connectivity index (χ1) is 7.54. The standard InChI is InChI=1S/C11H20N4O/c1-6(2)14-11(16-13)15-4-8-7(3)9(5-15)10(8)12/h7-10H,1,4-5,12-13H2,2-3H3/b14-11-/t7-,8-,9+,10?. The summed E-state index contributed by atoms with van der Waals surface area (Å²) in [7, 11) is 0. The molecule has 16 heavy (non-hydrogen) atoms. The van der Waals surface area contributed by atoms with Gasteiger partial charge in [-0.1, -0.05) is 13.5 Å². The van der Waals surface area contributed by atoms with Crippen LogP contribution >= 0.6 is 0 Å². The summed E-state index contributed by atoms with van der Waals surface area (Å²) in [6.45, 7) is 9.55. The molecule has 90 valence electrons. The van der Waals surface area contributed by atoms with Crippen LogP contribution in [-0.2, 0) is 4.84 Å². The first-order valence-corrected chi connectivity index (χ1v) is 5.66. The largest absolute Gasteiger partial charge is 0.373 e. The summed E-state index contributed by atoms with van der Waals surface area (Å²) < 4.78 is 0. The number of hydrogen-bond donors (Lipinski definition) is 2. The molecule has 2 aliphatic heterocycles. The van der Waals surface area contributed by atoms with Crippen molar-refractivity contribution in [2.75, 3.05) is 13.1 Å². The Bertz CT molecular complexity index is 304. The third kappa shape index (κ3) is 1.70. The molecule has 0 amide bonds.